The van der Waals surface area contributed by atoms with Gasteiger partial charge in [-0.15, -0.1) is 0 Å². The van der Waals surface area contributed by atoms with Crippen LogP contribution < -0.4 is 11.1 Å². The van der Waals surface area contributed by atoms with Crippen molar-refractivity contribution in [3.63, 3.8) is 0 Å². The molecule has 2 aromatic heterocycles. The third-order valence-corrected chi connectivity index (χ3v) is 3.39. The molecule has 20 heavy (non-hydrogen) atoms. The van der Waals surface area contributed by atoms with Gasteiger partial charge in [0.15, 0.2) is 0 Å². The molecule has 0 fully saturated rings. The van der Waals surface area contributed by atoms with Gasteiger partial charge in [0.2, 0.25) is 0 Å². The molecular formula is C16H17N3O. The van der Waals surface area contributed by atoms with Gasteiger partial charge in [-0.1, -0.05) is 18.2 Å². The van der Waals surface area contributed by atoms with Gasteiger partial charge in [0, 0.05) is 11.9 Å². The quantitative estimate of drug-likeness (QED) is 0.760. The minimum atomic E-state index is 0.719. The van der Waals surface area contributed by atoms with Gasteiger partial charge in [-0.25, -0.2) is 4.98 Å². The fourth-order valence-corrected chi connectivity index (χ4v) is 2.22. The Morgan fingerprint density at radius 3 is 2.90 bits per heavy atom. The van der Waals surface area contributed by atoms with Gasteiger partial charge in [0.1, 0.15) is 11.4 Å². The van der Waals surface area contributed by atoms with E-state index in [1.165, 1.54) is 10.9 Å². The molecule has 4 nitrogen and oxygen atoms in total. The number of furan rings is 1. The number of aryl methyl sites for hydroxylation is 1. The molecule has 0 aliphatic rings. The highest BCUT2D eigenvalue weighted by Gasteiger charge is 2.05. The minimum absolute atomic E-state index is 0.719. The van der Waals surface area contributed by atoms with Crippen molar-refractivity contribution >= 4 is 22.5 Å². The van der Waals surface area contributed by atoms with Crippen molar-refractivity contribution in [2.24, 2.45) is 0 Å². The molecule has 0 aliphatic carbocycles. The van der Waals surface area contributed by atoms with Crippen LogP contribution in [0, 0.1) is 6.92 Å². The Morgan fingerprint density at radius 1 is 1.20 bits per heavy atom. The number of pyridine rings is 1. The van der Waals surface area contributed by atoms with Crippen molar-refractivity contribution in [3.8, 4) is 0 Å². The molecule has 102 valence electrons. The summed E-state index contributed by atoms with van der Waals surface area (Å²) in [6.45, 7) is 2.71. The SMILES string of the molecule is Cc1nc(NCCc2coc3ccccc23)ccc1N. The maximum Gasteiger partial charge on any atom is 0.134 e. The summed E-state index contributed by atoms with van der Waals surface area (Å²) in [5.74, 6) is 0.851. The lowest BCUT2D eigenvalue weighted by atomic mass is 10.1. The number of para-hydroxylation sites is 1. The molecule has 0 saturated heterocycles. The number of hydrogen-bond acceptors (Lipinski definition) is 4. The first-order chi connectivity index (χ1) is 9.74. The van der Waals surface area contributed by atoms with E-state index in [9.17, 15) is 0 Å². The Morgan fingerprint density at radius 2 is 2.05 bits per heavy atom. The molecule has 0 amide bonds. The second-order valence-electron chi connectivity index (χ2n) is 4.81. The Bertz CT molecular complexity index is 733. The third-order valence-electron chi connectivity index (χ3n) is 3.39. The van der Waals surface area contributed by atoms with Crippen LogP contribution in [0.1, 0.15) is 11.3 Å². The van der Waals surface area contributed by atoms with Crippen molar-refractivity contribution in [1.29, 1.82) is 0 Å². The lowest BCUT2D eigenvalue weighted by molar-refractivity contribution is 0.610. The molecule has 0 spiro atoms. The summed E-state index contributed by atoms with van der Waals surface area (Å²) >= 11 is 0. The van der Waals surface area contributed by atoms with Crippen molar-refractivity contribution < 1.29 is 4.42 Å². The molecule has 0 saturated carbocycles. The van der Waals surface area contributed by atoms with Crippen LogP contribution in [0.5, 0.6) is 0 Å². The highest BCUT2D eigenvalue weighted by molar-refractivity contribution is 5.80. The lowest BCUT2D eigenvalue weighted by Crippen LogP contribution is -2.07. The van der Waals surface area contributed by atoms with E-state index in [0.29, 0.717) is 0 Å². The Balaban J connectivity index is 1.66. The average molecular weight is 267 g/mol. The predicted molar refractivity (Wildman–Crippen MR) is 81.8 cm³/mol. The molecular weight excluding hydrogens is 250 g/mol. The first-order valence-electron chi connectivity index (χ1n) is 6.66. The standard InChI is InChI=1S/C16H17N3O/c1-11-14(17)6-7-16(19-11)18-9-8-12-10-20-15-5-3-2-4-13(12)15/h2-7,10H,8-9,17H2,1H3,(H,18,19). The number of nitrogens with two attached hydrogens (primary N) is 1. The number of nitrogens with one attached hydrogen (secondary N) is 1. The van der Waals surface area contributed by atoms with Gasteiger partial charge < -0.3 is 15.5 Å². The summed E-state index contributed by atoms with van der Waals surface area (Å²) in [5, 5.41) is 4.48. The number of anilines is 2. The summed E-state index contributed by atoms with van der Waals surface area (Å²) in [5.41, 5.74) is 9.47. The zero-order valence-corrected chi connectivity index (χ0v) is 11.4. The second-order valence-corrected chi connectivity index (χ2v) is 4.81. The maximum absolute atomic E-state index is 5.75. The van der Waals surface area contributed by atoms with Crippen molar-refractivity contribution in [2.45, 2.75) is 13.3 Å². The van der Waals surface area contributed by atoms with E-state index in [1.54, 1.807) is 0 Å². The Kier molecular flexibility index (Phi) is 3.29. The van der Waals surface area contributed by atoms with Gasteiger partial charge in [0.25, 0.3) is 0 Å². The van der Waals surface area contributed by atoms with E-state index in [4.69, 9.17) is 10.2 Å². The molecule has 3 aromatic rings. The van der Waals surface area contributed by atoms with Crippen LogP contribution >= 0.6 is 0 Å². The second kappa shape index (κ2) is 5.25. The van der Waals surface area contributed by atoms with Crippen molar-refractivity contribution in [1.82, 2.24) is 4.98 Å². The van der Waals surface area contributed by atoms with Gasteiger partial charge in [-0.05, 0) is 37.1 Å². The summed E-state index contributed by atoms with van der Waals surface area (Å²) < 4.78 is 5.53. The zero-order valence-electron chi connectivity index (χ0n) is 11.4. The number of nitrogen functional groups attached to an aromatic ring is 1. The smallest absolute Gasteiger partial charge is 0.134 e. The molecule has 0 aliphatic heterocycles. The first-order valence-corrected chi connectivity index (χ1v) is 6.66. The van der Waals surface area contributed by atoms with Crippen LogP contribution in [0.25, 0.3) is 11.0 Å². The monoisotopic (exact) mass is 267 g/mol. The Hall–Kier alpha value is -2.49. The van der Waals surface area contributed by atoms with Crippen molar-refractivity contribution in [2.75, 3.05) is 17.6 Å². The van der Waals surface area contributed by atoms with Crippen LogP contribution in [-0.2, 0) is 6.42 Å². The van der Waals surface area contributed by atoms with Crippen LogP contribution in [-0.4, -0.2) is 11.5 Å². The topological polar surface area (TPSA) is 64.1 Å². The largest absolute Gasteiger partial charge is 0.464 e. The molecule has 4 heteroatoms. The fourth-order valence-electron chi connectivity index (χ4n) is 2.22. The lowest BCUT2D eigenvalue weighted by Gasteiger charge is -2.07. The molecule has 2 heterocycles. The van der Waals surface area contributed by atoms with E-state index in [2.05, 4.69) is 16.4 Å². The van der Waals surface area contributed by atoms with E-state index in [0.717, 1.165) is 35.7 Å². The minimum Gasteiger partial charge on any atom is -0.464 e. The molecule has 0 atom stereocenters. The summed E-state index contributed by atoms with van der Waals surface area (Å²) in [6, 6.07) is 11.8. The number of hydrogen-bond donors (Lipinski definition) is 2. The third kappa shape index (κ3) is 2.45. The number of fused-ring (bicyclic) bond motifs is 1. The highest BCUT2D eigenvalue weighted by Crippen LogP contribution is 2.21. The molecule has 3 rings (SSSR count). The van der Waals surface area contributed by atoms with Gasteiger partial charge in [-0.2, -0.15) is 0 Å². The fraction of sp³-hybridized carbons (Fsp3) is 0.188. The van der Waals surface area contributed by atoms with Crippen molar-refractivity contribution in [3.05, 3.63) is 53.9 Å². The van der Waals surface area contributed by atoms with E-state index < -0.39 is 0 Å². The predicted octanol–water partition coefficient (Wildman–Crippen LogP) is 3.37. The first kappa shape index (κ1) is 12.5. The summed E-state index contributed by atoms with van der Waals surface area (Å²) in [4.78, 5) is 4.39. The van der Waals surface area contributed by atoms with Gasteiger partial charge >= 0.3 is 0 Å². The molecule has 0 radical (unpaired) electrons. The van der Waals surface area contributed by atoms with Gasteiger partial charge in [-0.3, -0.25) is 0 Å². The highest BCUT2D eigenvalue weighted by atomic mass is 16.3. The zero-order chi connectivity index (χ0) is 13.9. The van der Waals surface area contributed by atoms with Crippen LogP contribution in [0.15, 0.2) is 47.1 Å². The molecule has 0 bridgehead atoms. The number of rotatable bonds is 4. The maximum atomic E-state index is 5.75. The molecule has 0 unspecified atom stereocenters. The van der Waals surface area contributed by atoms with Crippen LogP contribution in [0.3, 0.4) is 0 Å². The van der Waals surface area contributed by atoms with E-state index >= 15 is 0 Å². The molecule has 1 aromatic carbocycles. The Labute approximate surface area is 117 Å². The van der Waals surface area contributed by atoms with Gasteiger partial charge in [0.05, 0.1) is 17.6 Å². The average Bonchev–Trinajstić information content (AvgIpc) is 2.86. The van der Waals surface area contributed by atoms with E-state index in [-0.39, 0.29) is 0 Å². The number of benzene rings is 1. The van der Waals surface area contributed by atoms with Crippen LogP contribution in [0.4, 0.5) is 11.5 Å². The number of aromatic nitrogens is 1. The normalized spacial score (nSPS) is 10.8. The summed E-state index contributed by atoms with van der Waals surface area (Å²) in [6.07, 6.45) is 2.72. The van der Waals surface area contributed by atoms with Crippen LogP contribution in [0.2, 0.25) is 0 Å². The number of nitrogens with zero attached hydrogens (tertiary/aromatic N) is 1. The van der Waals surface area contributed by atoms with E-state index in [1.807, 2.05) is 43.5 Å². The summed E-state index contributed by atoms with van der Waals surface area (Å²) in [7, 11) is 0. The molecule has 3 N–H and O–H groups in total.